The molecule has 0 aromatic heterocycles. The topological polar surface area (TPSA) is 143 Å². The largest absolute Gasteiger partial charge is 0.355 e. The normalized spacial score (nSPS) is 10.6. The zero-order valence-electron chi connectivity index (χ0n) is 25.7. The van der Waals surface area contributed by atoms with Gasteiger partial charge in [-0.05, 0) is 6.42 Å². The fourth-order valence-electron chi connectivity index (χ4n) is 3.44. The van der Waals surface area contributed by atoms with Crippen LogP contribution in [0.15, 0.2) is 0 Å². The number of unbranched alkanes of at least 4 members (excludes halogenated alkanes) is 3. The maximum Gasteiger partial charge on any atom is 0.242 e. The Labute approximate surface area is 242 Å². The maximum absolute atomic E-state index is 12.6. The van der Waals surface area contributed by atoms with E-state index in [1.165, 1.54) is 59.7 Å². The molecule has 0 aromatic carbocycles. The summed E-state index contributed by atoms with van der Waals surface area (Å²) in [5, 5.41) is 5.93. The van der Waals surface area contributed by atoms with Crippen LogP contribution >= 0.6 is 0 Å². The summed E-state index contributed by atoms with van der Waals surface area (Å²) in [6, 6.07) is 0.255. The fourth-order valence-corrected chi connectivity index (χ4v) is 3.44. The first-order valence-corrected chi connectivity index (χ1v) is 13.9. The summed E-state index contributed by atoms with van der Waals surface area (Å²) in [6.45, 7) is 6.07. The third-order valence-corrected chi connectivity index (χ3v) is 6.24. The van der Waals surface area contributed by atoms with E-state index in [1.807, 2.05) is 13.8 Å². The summed E-state index contributed by atoms with van der Waals surface area (Å²) < 4.78 is 0. The van der Waals surface area contributed by atoms with Crippen LogP contribution in [0.3, 0.4) is 0 Å². The van der Waals surface area contributed by atoms with Crippen molar-refractivity contribution < 1.29 is 31.6 Å². The molecule has 0 fully saturated rings. The molecule has 6 amide bonds. The highest BCUT2D eigenvalue weighted by atomic mass is 16.2. The molecular formula is C27H55N7O6. The average molecular weight is 574 g/mol. The van der Waals surface area contributed by atoms with Crippen molar-refractivity contribution in [3.63, 3.8) is 0 Å². The van der Waals surface area contributed by atoms with Gasteiger partial charge in [-0.2, -0.15) is 0 Å². The zero-order valence-corrected chi connectivity index (χ0v) is 25.7. The monoisotopic (exact) mass is 573 g/mol. The van der Waals surface area contributed by atoms with Gasteiger partial charge < -0.3 is 35.1 Å². The molecule has 2 N–H and O–H groups in total. The molecule has 0 aliphatic carbocycles. The van der Waals surface area contributed by atoms with E-state index in [4.69, 9.17) is 0 Å². The average Bonchev–Trinajstić information content (AvgIpc) is 2.87. The summed E-state index contributed by atoms with van der Waals surface area (Å²) in [7, 11) is 7.36. The lowest BCUT2D eigenvalue weighted by Crippen LogP contribution is -2.48. The number of nitrogens with zero attached hydrogens (tertiary/aromatic N) is 5. The van der Waals surface area contributed by atoms with Gasteiger partial charge >= 0.3 is 0 Å². The first-order valence-electron chi connectivity index (χ1n) is 13.9. The lowest BCUT2D eigenvalue weighted by Gasteiger charge is -2.26. The number of nitrogens with one attached hydrogen (secondary N) is 2. The molecule has 0 aliphatic heterocycles. The van der Waals surface area contributed by atoms with Crippen molar-refractivity contribution in [1.29, 1.82) is 0 Å². The molecule has 0 bridgehead atoms. The van der Waals surface area contributed by atoms with Crippen LogP contribution in [-0.2, 0) is 28.8 Å². The standard InChI is InChI=1S/C27H51N7O6.2H2/c1-9-10-11-12-14-29-22(35)16-30(4)24(37)18-32(6)26(39)20-34(8)27(40)19-33(7)25(38)17-31(5)23(36)13-15-28-21(2)3;;/h21,28H,9-20H2,1-8H3,(H,29,35);2*1H. The molecule has 0 aliphatic rings. The Morgan fingerprint density at radius 2 is 0.975 bits per heavy atom. The van der Waals surface area contributed by atoms with E-state index in [0.717, 1.165) is 25.7 Å². The summed E-state index contributed by atoms with van der Waals surface area (Å²) in [5.74, 6) is -2.19. The number of hydrogen-bond acceptors (Lipinski definition) is 7. The number of carbonyl (C=O) groups is 6. The smallest absolute Gasteiger partial charge is 0.242 e. The van der Waals surface area contributed by atoms with E-state index in [2.05, 4.69) is 17.6 Å². The van der Waals surface area contributed by atoms with Crippen molar-refractivity contribution in [3.8, 4) is 0 Å². The zero-order chi connectivity index (χ0) is 30.8. The molecule has 13 nitrogen and oxygen atoms in total. The first kappa shape index (κ1) is 36.8. The molecule has 40 heavy (non-hydrogen) atoms. The Balaban J connectivity index is -0.00000760. The molecule has 0 radical (unpaired) electrons. The Kier molecular flexibility index (Phi) is 18.2. The van der Waals surface area contributed by atoms with E-state index >= 15 is 0 Å². The molecule has 0 spiro atoms. The van der Waals surface area contributed by atoms with Crippen molar-refractivity contribution in [2.45, 2.75) is 58.9 Å². The molecule has 0 aromatic rings. The van der Waals surface area contributed by atoms with Gasteiger partial charge in [-0.15, -0.1) is 0 Å². The van der Waals surface area contributed by atoms with E-state index in [0.29, 0.717) is 13.1 Å². The maximum atomic E-state index is 12.6. The summed E-state index contributed by atoms with van der Waals surface area (Å²) in [5.41, 5.74) is 0. The van der Waals surface area contributed by atoms with Crippen LogP contribution in [0.2, 0.25) is 0 Å². The molecule has 13 heteroatoms. The van der Waals surface area contributed by atoms with Gasteiger partial charge in [0.25, 0.3) is 0 Å². The van der Waals surface area contributed by atoms with Gasteiger partial charge in [-0.3, -0.25) is 28.8 Å². The van der Waals surface area contributed by atoms with Gasteiger partial charge in [0.05, 0.1) is 32.7 Å². The second-order valence-electron chi connectivity index (χ2n) is 10.5. The van der Waals surface area contributed by atoms with Crippen LogP contribution in [0.1, 0.15) is 55.7 Å². The number of carbonyl (C=O) groups excluding carboxylic acids is 6. The quantitative estimate of drug-likeness (QED) is 0.205. The molecule has 0 atom stereocenters. The van der Waals surface area contributed by atoms with Crippen LogP contribution in [0.5, 0.6) is 0 Å². The lowest BCUT2D eigenvalue weighted by atomic mass is 10.2. The van der Waals surface area contributed by atoms with Gasteiger partial charge in [0.1, 0.15) is 0 Å². The first-order chi connectivity index (χ1) is 18.7. The Hall–Kier alpha value is -3.22. The van der Waals surface area contributed by atoms with Crippen molar-refractivity contribution in [2.75, 3.05) is 81.1 Å². The van der Waals surface area contributed by atoms with Crippen molar-refractivity contribution in [3.05, 3.63) is 0 Å². The molecule has 0 saturated heterocycles. The van der Waals surface area contributed by atoms with Crippen LogP contribution in [0.4, 0.5) is 0 Å². The number of rotatable bonds is 19. The van der Waals surface area contributed by atoms with Crippen molar-refractivity contribution in [2.24, 2.45) is 0 Å². The molecule has 0 rings (SSSR count). The van der Waals surface area contributed by atoms with Crippen molar-refractivity contribution >= 4 is 35.4 Å². The van der Waals surface area contributed by atoms with Gasteiger partial charge in [-0.1, -0.05) is 40.0 Å². The highest BCUT2D eigenvalue weighted by molar-refractivity contribution is 5.91. The second kappa shape index (κ2) is 19.8. The van der Waals surface area contributed by atoms with Gasteiger partial charge in [0.2, 0.25) is 35.4 Å². The Morgan fingerprint density at radius 3 is 1.38 bits per heavy atom. The van der Waals surface area contributed by atoms with Crippen molar-refractivity contribution in [1.82, 2.24) is 35.1 Å². The number of amides is 6. The van der Waals surface area contributed by atoms with E-state index in [9.17, 15) is 28.8 Å². The third kappa shape index (κ3) is 16.0. The highest BCUT2D eigenvalue weighted by Gasteiger charge is 2.23. The van der Waals surface area contributed by atoms with Crippen LogP contribution in [-0.4, -0.2) is 147 Å². The number of hydrogen-bond donors (Lipinski definition) is 2. The van der Waals surface area contributed by atoms with Crippen LogP contribution < -0.4 is 10.6 Å². The minimum absolute atomic E-state index is 0. The predicted octanol–water partition coefficient (Wildman–Crippen LogP) is -0.145. The predicted molar refractivity (Wildman–Crippen MR) is 157 cm³/mol. The summed E-state index contributed by atoms with van der Waals surface area (Å²) >= 11 is 0. The minimum Gasteiger partial charge on any atom is -0.355 e. The van der Waals surface area contributed by atoms with Gasteiger partial charge in [-0.25, -0.2) is 0 Å². The van der Waals surface area contributed by atoms with Gasteiger partial charge in [0.15, 0.2) is 0 Å². The van der Waals surface area contributed by atoms with E-state index < -0.39 is 23.6 Å². The molecule has 0 unspecified atom stereocenters. The van der Waals surface area contributed by atoms with Gasteiger partial charge in [0, 0.05) is 63.6 Å². The molecule has 0 saturated carbocycles. The van der Waals surface area contributed by atoms with E-state index in [-0.39, 0.29) is 59.9 Å². The Morgan fingerprint density at radius 1 is 0.575 bits per heavy atom. The van der Waals surface area contributed by atoms with Crippen LogP contribution in [0, 0.1) is 0 Å². The lowest BCUT2D eigenvalue weighted by molar-refractivity contribution is -0.145. The van der Waals surface area contributed by atoms with E-state index in [1.54, 1.807) is 0 Å². The summed E-state index contributed by atoms with van der Waals surface area (Å²) in [6.07, 6.45) is 4.40. The number of likely N-dealkylation sites (N-methyl/N-ethyl adjacent to an activating group) is 5. The third-order valence-electron chi connectivity index (χ3n) is 6.24. The fraction of sp³-hybridized carbons (Fsp3) is 0.778. The summed E-state index contributed by atoms with van der Waals surface area (Å²) in [4.78, 5) is 80.5. The molecule has 234 valence electrons. The van der Waals surface area contributed by atoms with Crippen LogP contribution in [0.25, 0.3) is 0 Å². The minimum atomic E-state index is -0.466. The molecular weight excluding hydrogens is 518 g/mol. The second-order valence-corrected chi connectivity index (χ2v) is 10.5. The Bertz CT molecular complexity index is 863. The highest BCUT2D eigenvalue weighted by Crippen LogP contribution is 1.99. The SMILES string of the molecule is CCCCCCNC(=O)CN(C)C(=O)CN(C)C(=O)CN(C)C(=O)CN(C)C(=O)CN(C)C(=O)CCNC(C)C.[HH].[HH]. The molecule has 0 heterocycles.